The summed E-state index contributed by atoms with van der Waals surface area (Å²) in [4.78, 5) is 39.1. The van der Waals surface area contributed by atoms with Gasteiger partial charge in [0.25, 0.3) is 5.56 Å². The molecule has 1 amide bonds. The Hall–Kier alpha value is -3.06. The fraction of sp³-hybridized carbons (Fsp3) is 0.105. The predicted octanol–water partition coefficient (Wildman–Crippen LogP) is 2.72. The Labute approximate surface area is 153 Å². The van der Waals surface area contributed by atoms with Gasteiger partial charge in [0.05, 0.1) is 5.69 Å². The number of H-pyrrole nitrogens is 1. The molecule has 2 aromatic carbocycles. The second-order valence-electron chi connectivity index (χ2n) is 5.51. The third-order valence-electron chi connectivity index (χ3n) is 3.61. The number of aromatic nitrogens is 2. The van der Waals surface area contributed by atoms with Crippen LogP contribution in [0.4, 0.5) is 5.69 Å². The van der Waals surface area contributed by atoms with Crippen LogP contribution in [0.3, 0.4) is 0 Å². The van der Waals surface area contributed by atoms with Crippen LogP contribution >= 0.6 is 11.8 Å². The minimum Gasteiger partial charge on any atom is -0.325 e. The molecule has 1 heterocycles. The van der Waals surface area contributed by atoms with Crippen LogP contribution in [-0.2, 0) is 11.3 Å². The zero-order valence-electron chi connectivity index (χ0n) is 13.8. The van der Waals surface area contributed by atoms with E-state index in [0.717, 1.165) is 15.5 Å². The van der Waals surface area contributed by atoms with E-state index in [1.165, 1.54) is 16.8 Å². The Morgan fingerprint density at radius 1 is 1.00 bits per heavy atom. The average Bonchev–Trinajstić information content (AvgIpc) is 2.63. The number of hydrogen-bond donors (Lipinski definition) is 2. The number of benzene rings is 2. The number of nitrogens with one attached hydrogen (secondary N) is 2. The standard InChI is InChI=1S/C19H17N3O3S/c23-17(10-12-22-13-11-18(24)21-19(22)25)20-15-8-4-5-9-16(15)26-14-6-2-1-3-7-14/h1-9,11,13H,10,12H2,(H,20,23)(H,21,24,25). The Kier molecular flexibility index (Phi) is 5.70. The highest BCUT2D eigenvalue weighted by Gasteiger charge is 2.08. The predicted molar refractivity (Wildman–Crippen MR) is 102 cm³/mol. The Morgan fingerprint density at radius 2 is 1.73 bits per heavy atom. The van der Waals surface area contributed by atoms with Crippen molar-refractivity contribution in [2.24, 2.45) is 0 Å². The van der Waals surface area contributed by atoms with Crippen LogP contribution in [0.25, 0.3) is 0 Å². The molecular formula is C19H17N3O3S. The third-order valence-corrected chi connectivity index (χ3v) is 4.69. The molecule has 3 aromatic rings. The van der Waals surface area contributed by atoms with Crippen LogP contribution < -0.4 is 16.6 Å². The molecule has 0 bridgehead atoms. The Bertz CT molecular complexity index is 1010. The van der Waals surface area contributed by atoms with E-state index in [1.807, 2.05) is 54.6 Å². The highest BCUT2D eigenvalue weighted by Crippen LogP contribution is 2.33. The van der Waals surface area contributed by atoms with Crippen molar-refractivity contribution in [1.82, 2.24) is 9.55 Å². The van der Waals surface area contributed by atoms with Crippen LogP contribution in [0.5, 0.6) is 0 Å². The number of aromatic amines is 1. The summed E-state index contributed by atoms with van der Waals surface area (Å²) < 4.78 is 1.30. The summed E-state index contributed by atoms with van der Waals surface area (Å²) in [7, 11) is 0. The van der Waals surface area contributed by atoms with E-state index in [9.17, 15) is 14.4 Å². The summed E-state index contributed by atoms with van der Waals surface area (Å²) in [6.07, 6.45) is 1.50. The number of rotatable bonds is 6. The maximum atomic E-state index is 12.3. The van der Waals surface area contributed by atoms with Crippen molar-refractivity contribution in [2.75, 3.05) is 5.32 Å². The van der Waals surface area contributed by atoms with Gasteiger partial charge in [-0.2, -0.15) is 0 Å². The average molecular weight is 367 g/mol. The number of anilines is 1. The molecule has 0 atom stereocenters. The molecule has 3 rings (SSSR count). The van der Waals surface area contributed by atoms with E-state index in [4.69, 9.17) is 0 Å². The fourth-order valence-electron chi connectivity index (χ4n) is 2.33. The molecule has 132 valence electrons. The highest BCUT2D eigenvalue weighted by atomic mass is 32.2. The van der Waals surface area contributed by atoms with Crippen molar-refractivity contribution in [2.45, 2.75) is 22.8 Å². The van der Waals surface area contributed by atoms with E-state index in [-0.39, 0.29) is 18.9 Å². The number of carbonyl (C=O) groups is 1. The van der Waals surface area contributed by atoms with Crippen molar-refractivity contribution >= 4 is 23.4 Å². The van der Waals surface area contributed by atoms with Gasteiger partial charge in [-0.3, -0.25) is 14.6 Å². The molecule has 26 heavy (non-hydrogen) atoms. The van der Waals surface area contributed by atoms with E-state index in [2.05, 4.69) is 10.3 Å². The monoisotopic (exact) mass is 367 g/mol. The summed E-state index contributed by atoms with van der Waals surface area (Å²) in [6, 6.07) is 18.7. The number of carbonyl (C=O) groups excluding carboxylic acids is 1. The molecule has 0 saturated heterocycles. The molecule has 0 aliphatic heterocycles. The molecule has 6 nitrogen and oxygen atoms in total. The number of amides is 1. The number of hydrogen-bond acceptors (Lipinski definition) is 4. The van der Waals surface area contributed by atoms with Crippen LogP contribution in [-0.4, -0.2) is 15.5 Å². The highest BCUT2D eigenvalue weighted by molar-refractivity contribution is 7.99. The van der Waals surface area contributed by atoms with Gasteiger partial charge in [-0.1, -0.05) is 42.1 Å². The number of nitrogens with zero attached hydrogens (tertiary/aromatic N) is 1. The van der Waals surface area contributed by atoms with Crippen molar-refractivity contribution in [3.05, 3.63) is 87.7 Å². The quantitative estimate of drug-likeness (QED) is 0.702. The number of para-hydroxylation sites is 1. The summed E-state index contributed by atoms with van der Waals surface area (Å²) >= 11 is 1.57. The third kappa shape index (κ3) is 4.73. The molecule has 0 saturated carbocycles. The first-order valence-corrected chi connectivity index (χ1v) is 8.85. The molecule has 0 radical (unpaired) electrons. The van der Waals surface area contributed by atoms with Gasteiger partial charge < -0.3 is 9.88 Å². The molecular weight excluding hydrogens is 350 g/mol. The van der Waals surface area contributed by atoms with E-state index in [0.29, 0.717) is 0 Å². The molecule has 2 N–H and O–H groups in total. The lowest BCUT2D eigenvalue weighted by molar-refractivity contribution is -0.116. The van der Waals surface area contributed by atoms with Crippen LogP contribution in [0.1, 0.15) is 6.42 Å². The topological polar surface area (TPSA) is 84.0 Å². The van der Waals surface area contributed by atoms with Gasteiger partial charge in [-0.05, 0) is 24.3 Å². The Morgan fingerprint density at radius 3 is 2.50 bits per heavy atom. The van der Waals surface area contributed by atoms with Crippen LogP contribution in [0.15, 0.2) is 86.2 Å². The summed E-state index contributed by atoms with van der Waals surface area (Å²) in [5.41, 5.74) is -0.256. The van der Waals surface area contributed by atoms with E-state index in [1.54, 1.807) is 11.8 Å². The van der Waals surface area contributed by atoms with Gasteiger partial charge >= 0.3 is 5.69 Å². The van der Waals surface area contributed by atoms with Gasteiger partial charge in [0.15, 0.2) is 0 Å². The molecule has 0 fully saturated rings. The minimum absolute atomic E-state index is 0.121. The van der Waals surface area contributed by atoms with E-state index < -0.39 is 11.2 Å². The lowest BCUT2D eigenvalue weighted by Crippen LogP contribution is -2.29. The second kappa shape index (κ2) is 8.35. The largest absolute Gasteiger partial charge is 0.328 e. The summed E-state index contributed by atoms with van der Waals surface area (Å²) in [5, 5.41) is 2.88. The zero-order chi connectivity index (χ0) is 18.4. The summed E-state index contributed by atoms with van der Waals surface area (Å²) in [5.74, 6) is -0.204. The summed E-state index contributed by atoms with van der Waals surface area (Å²) in [6.45, 7) is 0.190. The molecule has 7 heteroatoms. The fourth-order valence-corrected chi connectivity index (χ4v) is 3.25. The van der Waals surface area contributed by atoms with Crippen molar-refractivity contribution in [3.8, 4) is 0 Å². The molecule has 0 spiro atoms. The lowest BCUT2D eigenvalue weighted by atomic mass is 10.3. The van der Waals surface area contributed by atoms with Gasteiger partial charge in [-0.25, -0.2) is 4.79 Å². The maximum Gasteiger partial charge on any atom is 0.328 e. The lowest BCUT2D eigenvalue weighted by Gasteiger charge is -2.11. The van der Waals surface area contributed by atoms with Crippen molar-refractivity contribution in [3.63, 3.8) is 0 Å². The van der Waals surface area contributed by atoms with Gasteiger partial charge in [0.2, 0.25) is 5.91 Å². The van der Waals surface area contributed by atoms with E-state index >= 15 is 0 Å². The molecule has 0 aliphatic carbocycles. The SMILES string of the molecule is O=C(CCn1ccc(=O)[nH]c1=O)Nc1ccccc1Sc1ccccc1. The van der Waals surface area contributed by atoms with Gasteiger partial charge in [-0.15, -0.1) is 0 Å². The molecule has 1 aromatic heterocycles. The molecule has 0 unspecified atom stereocenters. The molecule has 0 aliphatic rings. The van der Waals surface area contributed by atoms with Crippen molar-refractivity contribution in [1.29, 1.82) is 0 Å². The zero-order valence-corrected chi connectivity index (χ0v) is 14.7. The van der Waals surface area contributed by atoms with Gasteiger partial charge in [0, 0.05) is 35.0 Å². The van der Waals surface area contributed by atoms with Crippen LogP contribution in [0.2, 0.25) is 0 Å². The first-order chi connectivity index (χ1) is 12.6. The number of aryl methyl sites for hydroxylation is 1. The first kappa shape index (κ1) is 17.8. The Balaban J connectivity index is 1.66. The van der Waals surface area contributed by atoms with Crippen LogP contribution in [0, 0.1) is 0 Å². The van der Waals surface area contributed by atoms with Gasteiger partial charge in [0.1, 0.15) is 0 Å². The first-order valence-electron chi connectivity index (χ1n) is 8.03. The minimum atomic E-state index is -0.523. The smallest absolute Gasteiger partial charge is 0.325 e. The normalized spacial score (nSPS) is 10.5. The maximum absolute atomic E-state index is 12.3. The second-order valence-corrected chi connectivity index (χ2v) is 6.63. The van der Waals surface area contributed by atoms with Crippen molar-refractivity contribution < 1.29 is 4.79 Å².